The minimum absolute atomic E-state index is 0.0667. The number of aromatic nitrogens is 1. The number of benzene rings is 2. The first kappa shape index (κ1) is 22.3. The van der Waals surface area contributed by atoms with Gasteiger partial charge in [-0.1, -0.05) is 24.3 Å². The molecule has 0 spiro atoms. The van der Waals surface area contributed by atoms with Crippen molar-refractivity contribution >= 4 is 17.4 Å². The van der Waals surface area contributed by atoms with E-state index in [1.54, 1.807) is 12.1 Å². The topological polar surface area (TPSA) is 74.5 Å². The third kappa shape index (κ3) is 4.01. The van der Waals surface area contributed by atoms with Gasteiger partial charge in [-0.15, -0.1) is 0 Å². The molecular weight excluding hydrogens is 429 g/mol. The Hall–Kier alpha value is -3.45. The van der Waals surface area contributed by atoms with Crippen molar-refractivity contribution in [2.75, 3.05) is 37.3 Å². The minimum Gasteiger partial charge on any atom is -0.383 e. The van der Waals surface area contributed by atoms with Crippen LogP contribution in [-0.4, -0.2) is 54.6 Å². The molecule has 34 heavy (non-hydrogen) atoms. The number of nitrogen functional groups attached to an aromatic ring is 1. The number of nitrogens with zero attached hydrogens (tertiary/aromatic N) is 3. The third-order valence-electron chi connectivity index (χ3n) is 7.25. The lowest BCUT2D eigenvalue weighted by atomic mass is 9.94. The number of halogens is 1. The Bertz CT molecular complexity index is 1230. The first-order chi connectivity index (χ1) is 16.3. The Morgan fingerprint density at radius 1 is 0.971 bits per heavy atom. The number of hydrogen-bond acceptors (Lipinski definition) is 5. The highest BCUT2D eigenvalue weighted by atomic mass is 19.1. The number of nitrogens with one attached hydrogen (secondary N) is 1. The molecule has 3 aromatic rings. The molecule has 1 fully saturated rings. The van der Waals surface area contributed by atoms with Crippen LogP contribution in [0, 0.1) is 5.95 Å². The molecule has 0 saturated carbocycles. The normalized spacial score (nSPS) is 20.7. The molecule has 0 aliphatic carbocycles. The van der Waals surface area contributed by atoms with E-state index in [0.717, 1.165) is 41.9 Å². The Morgan fingerprint density at radius 3 is 2.35 bits per heavy atom. The molecule has 0 bridgehead atoms. The maximum Gasteiger partial charge on any atom is 0.251 e. The molecule has 6 nitrogen and oxygen atoms in total. The number of carbonyl (C=O) groups is 1. The van der Waals surface area contributed by atoms with Crippen molar-refractivity contribution in [3.63, 3.8) is 0 Å². The van der Waals surface area contributed by atoms with Crippen LogP contribution in [0.15, 0.2) is 48.5 Å². The van der Waals surface area contributed by atoms with Crippen molar-refractivity contribution in [2.45, 2.75) is 32.4 Å². The van der Waals surface area contributed by atoms with E-state index in [0.29, 0.717) is 35.3 Å². The van der Waals surface area contributed by atoms with Gasteiger partial charge < -0.3 is 16.0 Å². The van der Waals surface area contributed by atoms with Gasteiger partial charge in [0.15, 0.2) is 0 Å². The smallest absolute Gasteiger partial charge is 0.251 e. The van der Waals surface area contributed by atoms with Crippen LogP contribution in [-0.2, 0) is 6.42 Å². The van der Waals surface area contributed by atoms with E-state index in [-0.39, 0.29) is 11.7 Å². The van der Waals surface area contributed by atoms with E-state index < -0.39 is 5.95 Å². The SMILES string of the molecule is C[C@@H]1CN(c2ccc(-c3cc(-c4ccc5c(c4)CCNC5=O)c(N)nc3F)cc2)C[C@H](C)N1C. The van der Waals surface area contributed by atoms with Crippen molar-refractivity contribution in [1.82, 2.24) is 15.2 Å². The summed E-state index contributed by atoms with van der Waals surface area (Å²) in [5, 5.41) is 2.85. The second kappa shape index (κ2) is 8.72. The fraction of sp³-hybridized carbons (Fsp3) is 0.333. The standard InChI is InChI=1S/C27H30FN5O/c1-16-14-33(15-17(2)32(16)3)21-7-4-18(5-8-21)23-13-24(26(29)31-25(23)28)19-6-9-22-20(12-19)10-11-30-27(22)34/h4-9,12-13,16-17H,10-11,14-15H2,1-3H3,(H2,29,31)(H,30,34)/t16-,17+. The van der Waals surface area contributed by atoms with E-state index in [2.05, 4.69) is 41.0 Å². The summed E-state index contributed by atoms with van der Waals surface area (Å²) in [7, 11) is 2.17. The zero-order valence-corrected chi connectivity index (χ0v) is 19.8. The Balaban J connectivity index is 1.46. The number of nitrogens with two attached hydrogens (primary N) is 1. The number of rotatable bonds is 3. The lowest BCUT2D eigenvalue weighted by Gasteiger charge is -2.43. The van der Waals surface area contributed by atoms with Gasteiger partial charge in [-0.05, 0) is 68.3 Å². The van der Waals surface area contributed by atoms with Crippen LogP contribution in [0.5, 0.6) is 0 Å². The molecule has 2 aliphatic heterocycles. The lowest BCUT2D eigenvalue weighted by molar-refractivity contribution is 0.0946. The molecule has 2 aromatic carbocycles. The molecule has 2 atom stereocenters. The maximum absolute atomic E-state index is 14.9. The highest BCUT2D eigenvalue weighted by Gasteiger charge is 2.26. The highest BCUT2D eigenvalue weighted by molar-refractivity contribution is 5.97. The summed E-state index contributed by atoms with van der Waals surface area (Å²) in [4.78, 5) is 20.9. The first-order valence-electron chi connectivity index (χ1n) is 11.8. The van der Waals surface area contributed by atoms with Crippen LogP contribution in [0.3, 0.4) is 0 Å². The van der Waals surface area contributed by atoms with Crippen LogP contribution in [0.4, 0.5) is 15.9 Å². The zero-order chi connectivity index (χ0) is 24.0. The lowest BCUT2D eigenvalue weighted by Crippen LogP contribution is -2.55. The molecule has 176 valence electrons. The van der Waals surface area contributed by atoms with Crippen LogP contribution >= 0.6 is 0 Å². The van der Waals surface area contributed by atoms with Crippen LogP contribution < -0.4 is 16.0 Å². The summed E-state index contributed by atoms with van der Waals surface area (Å²) in [5.41, 5.74) is 11.5. The second-order valence-electron chi connectivity index (χ2n) is 9.45. The Labute approximate surface area is 199 Å². The van der Waals surface area contributed by atoms with Crippen LogP contribution in [0.2, 0.25) is 0 Å². The third-order valence-corrected chi connectivity index (χ3v) is 7.25. The molecule has 0 unspecified atom stereocenters. The van der Waals surface area contributed by atoms with Crippen molar-refractivity contribution in [2.24, 2.45) is 0 Å². The molecule has 3 N–H and O–H groups in total. The van der Waals surface area contributed by atoms with Gasteiger partial charge in [-0.2, -0.15) is 4.39 Å². The molecular formula is C27H30FN5O. The number of carbonyl (C=O) groups excluding carboxylic acids is 1. The molecule has 3 heterocycles. The highest BCUT2D eigenvalue weighted by Crippen LogP contribution is 2.34. The fourth-order valence-corrected chi connectivity index (χ4v) is 5.00. The number of fused-ring (bicyclic) bond motifs is 1. The molecule has 1 aromatic heterocycles. The second-order valence-corrected chi connectivity index (χ2v) is 9.45. The number of likely N-dealkylation sites (N-methyl/N-ethyl adjacent to an activating group) is 1. The molecule has 5 rings (SSSR count). The maximum atomic E-state index is 14.9. The van der Waals surface area contributed by atoms with E-state index in [1.807, 2.05) is 36.4 Å². The number of hydrogen-bond donors (Lipinski definition) is 2. The summed E-state index contributed by atoms with van der Waals surface area (Å²) in [6.45, 7) is 6.99. The van der Waals surface area contributed by atoms with Gasteiger partial charge in [0.05, 0.1) is 0 Å². The zero-order valence-electron chi connectivity index (χ0n) is 19.8. The molecule has 1 saturated heterocycles. The van der Waals surface area contributed by atoms with Gasteiger partial charge in [0.2, 0.25) is 5.95 Å². The molecule has 0 radical (unpaired) electrons. The summed E-state index contributed by atoms with van der Waals surface area (Å²) < 4.78 is 14.9. The molecule has 7 heteroatoms. The average molecular weight is 460 g/mol. The van der Waals surface area contributed by atoms with Crippen molar-refractivity contribution < 1.29 is 9.18 Å². The van der Waals surface area contributed by atoms with Crippen molar-refractivity contribution in [3.05, 3.63) is 65.6 Å². The predicted molar refractivity (Wildman–Crippen MR) is 134 cm³/mol. The van der Waals surface area contributed by atoms with Crippen LogP contribution in [0.25, 0.3) is 22.3 Å². The summed E-state index contributed by atoms with van der Waals surface area (Å²) in [5.74, 6) is -0.519. The van der Waals surface area contributed by atoms with E-state index in [4.69, 9.17) is 5.73 Å². The number of amides is 1. The van der Waals surface area contributed by atoms with Gasteiger partial charge in [-0.3, -0.25) is 9.69 Å². The van der Waals surface area contributed by atoms with Gasteiger partial charge >= 0.3 is 0 Å². The van der Waals surface area contributed by atoms with Gasteiger partial charge in [0, 0.05) is 54.1 Å². The van der Waals surface area contributed by atoms with Crippen molar-refractivity contribution in [3.8, 4) is 22.3 Å². The molecule has 1 amide bonds. The largest absolute Gasteiger partial charge is 0.383 e. The summed E-state index contributed by atoms with van der Waals surface area (Å²) >= 11 is 0. The van der Waals surface area contributed by atoms with Gasteiger partial charge in [0.25, 0.3) is 5.91 Å². The Kier molecular flexibility index (Phi) is 5.73. The van der Waals surface area contributed by atoms with Crippen LogP contribution in [0.1, 0.15) is 29.8 Å². The van der Waals surface area contributed by atoms with Crippen molar-refractivity contribution in [1.29, 1.82) is 0 Å². The predicted octanol–water partition coefficient (Wildman–Crippen LogP) is 3.95. The number of piperazine rings is 1. The quantitative estimate of drug-likeness (QED) is 0.580. The van der Waals surface area contributed by atoms with E-state index in [9.17, 15) is 9.18 Å². The van der Waals surface area contributed by atoms with Gasteiger partial charge in [0.1, 0.15) is 5.82 Å². The summed E-state index contributed by atoms with van der Waals surface area (Å²) in [6.07, 6.45) is 0.751. The van der Waals surface area contributed by atoms with Gasteiger partial charge in [-0.25, -0.2) is 4.98 Å². The monoisotopic (exact) mass is 459 g/mol. The van der Waals surface area contributed by atoms with E-state index in [1.165, 1.54) is 0 Å². The fourth-order valence-electron chi connectivity index (χ4n) is 5.00. The Morgan fingerprint density at radius 2 is 1.65 bits per heavy atom. The van der Waals surface area contributed by atoms with E-state index >= 15 is 0 Å². The number of anilines is 2. The first-order valence-corrected chi connectivity index (χ1v) is 11.8. The number of pyridine rings is 1. The summed E-state index contributed by atoms with van der Waals surface area (Å²) in [6, 6.07) is 16.3. The average Bonchev–Trinajstić information content (AvgIpc) is 2.82. The minimum atomic E-state index is -0.590. The molecule has 2 aliphatic rings.